The zero-order chi connectivity index (χ0) is 18.5. The number of carbonyl (C=O) groups excluding carboxylic acids is 1. The minimum Gasteiger partial charge on any atom is -0.340 e. The molecule has 0 aliphatic carbocycles. The lowest BCUT2D eigenvalue weighted by Crippen LogP contribution is -2.12. The van der Waals surface area contributed by atoms with E-state index in [-0.39, 0.29) is 0 Å². The lowest BCUT2D eigenvalue weighted by Gasteiger charge is -2.09. The van der Waals surface area contributed by atoms with E-state index in [0.717, 1.165) is 12.1 Å². The molecule has 0 fully saturated rings. The van der Waals surface area contributed by atoms with Crippen LogP contribution in [0.2, 0.25) is 0 Å². The van der Waals surface area contributed by atoms with Gasteiger partial charge in [0, 0.05) is 29.2 Å². The maximum Gasteiger partial charge on any atom is 0.255 e. The topological polar surface area (TPSA) is 77.8 Å². The summed E-state index contributed by atoms with van der Waals surface area (Å²) in [7, 11) is 0. The number of nitrogens with zero attached hydrogens (tertiary/aromatic N) is 2. The molecule has 7 heteroatoms. The summed E-state index contributed by atoms with van der Waals surface area (Å²) >= 11 is 0. The highest BCUT2D eigenvalue weighted by atomic mass is 19.2. The van der Waals surface area contributed by atoms with Crippen LogP contribution in [0.1, 0.15) is 15.9 Å². The van der Waals surface area contributed by atoms with Crippen LogP contribution in [0, 0.1) is 23.0 Å². The second-order valence-corrected chi connectivity index (χ2v) is 5.33. The van der Waals surface area contributed by atoms with Crippen molar-refractivity contribution in [2.75, 3.05) is 10.6 Å². The van der Waals surface area contributed by atoms with E-state index in [4.69, 9.17) is 5.26 Å². The number of hydrogen-bond donors (Lipinski definition) is 2. The summed E-state index contributed by atoms with van der Waals surface area (Å²) in [6.45, 7) is 0. The Morgan fingerprint density at radius 1 is 1.00 bits per heavy atom. The van der Waals surface area contributed by atoms with Crippen LogP contribution >= 0.6 is 0 Å². The van der Waals surface area contributed by atoms with Crippen molar-refractivity contribution in [2.45, 2.75) is 0 Å². The van der Waals surface area contributed by atoms with Crippen LogP contribution in [-0.4, -0.2) is 10.9 Å². The van der Waals surface area contributed by atoms with Gasteiger partial charge in [0.1, 0.15) is 5.82 Å². The second-order valence-electron chi connectivity index (χ2n) is 5.33. The first kappa shape index (κ1) is 17.0. The zero-order valence-corrected chi connectivity index (χ0v) is 13.3. The molecule has 5 nitrogen and oxygen atoms in total. The standard InChI is InChI=1S/C19H12F2N4O/c20-16-5-4-15(10-17(16)21)24-18-9-13(6-7-23-18)19(26)25-14-3-1-2-12(8-14)11-22/h1-10H,(H,23,24)(H,25,26). The molecule has 0 saturated heterocycles. The van der Waals surface area contributed by atoms with E-state index >= 15 is 0 Å². The molecule has 0 saturated carbocycles. The molecule has 3 rings (SSSR count). The molecule has 26 heavy (non-hydrogen) atoms. The first-order chi connectivity index (χ1) is 12.5. The summed E-state index contributed by atoms with van der Waals surface area (Å²) in [6.07, 6.45) is 1.42. The molecule has 0 aliphatic rings. The van der Waals surface area contributed by atoms with Crippen molar-refractivity contribution in [3.8, 4) is 6.07 Å². The van der Waals surface area contributed by atoms with Gasteiger partial charge in [0.25, 0.3) is 5.91 Å². The van der Waals surface area contributed by atoms with E-state index in [1.54, 1.807) is 24.3 Å². The van der Waals surface area contributed by atoms with Gasteiger partial charge in [-0.05, 0) is 42.5 Å². The van der Waals surface area contributed by atoms with Crippen LogP contribution in [0.4, 0.5) is 26.0 Å². The smallest absolute Gasteiger partial charge is 0.255 e. The molecule has 3 aromatic rings. The molecular formula is C19H12F2N4O. The molecule has 1 heterocycles. The van der Waals surface area contributed by atoms with Crippen molar-refractivity contribution >= 4 is 23.1 Å². The molecule has 1 amide bonds. The van der Waals surface area contributed by atoms with Gasteiger partial charge in [-0.2, -0.15) is 5.26 Å². The molecule has 0 bridgehead atoms. The van der Waals surface area contributed by atoms with Crippen molar-refractivity contribution < 1.29 is 13.6 Å². The maximum atomic E-state index is 13.3. The number of carbonyl (C=O) groups is 1. The highest BCUT2D eigenvalue weighted by molar-refractivity contribution is 6.04. The van der Waals surface area contributed by atoms with Gasteiger partial charge in [0.05, 0.1) is 11.6 Å². The van der Waals surface area contributed by atoms with Crippen LogP contribution < -0.4 is 10.6 Å². The van der Waals surface area contributed by atoms with Crippen molar-refractivity contribution in [3.05, 3.63) is 83.6 Å². The van der Waals surface area contributed by atoms with E-state index in [9.17, 15) is 13.6 Å². The number of benzene rings is 2. The Bertz CT molecular complexity index is 1010. The van der Waals surface area contributed by atoms with Gasteiger partial charge in [-0.25, -0.2) is 13.8 Å². The van der Waals surface area contributed by atoms with Crippen molar-refractivity contribution in [1.82, 2.24) is 4.98 Å². The number of aromatic nitrogens is 1. The summed E-state index contributed by atoms with van der Waals surface area (Å²) < 4.78 is 26.2. The number of halogens is 2. The quantitative estimate of drug-likeness (QED) is 0.738. The summed E-state index contributed by atoms with van der Waals surface area (Å²) in [5.74, 6) is -2.03. The van der Waals surface area contributed by atoms with Gasteiger partial charge >= 0.3 is 0 Å². The van der Waals surface area contributed by atoms with Crippen molar-refractivity contribution in [2.24, 2.45) is 0 Å². The van der Waals surface area contributed by atoms with E-state index in [0.29, 0.717) is 28.3 Å². The third-order valence-electron chi connectivity index (χ3n) is 3.46. The molecule has 0 unspecified atom stereocenters. The lowest BCUT2D eigenvalue weighted by molar-refractivity contribution is 0.102. The maximum absolute atomic E-state index is 13.3. The predicted octanol–water partition coefficient (Wildman–Crippen LogP) is 4.23. The van der Waals surface area contributed by atoms with E-state index in [1.807, 2.05) is 6.07 Å². The molecule has 2 N–H and O–H groups in total. The molecule has 0 atom stereocenters. The Morgan fingerprint density at radius 3 is 2.62 bits per heavy atom. The molecule has 0 spiro atoms. The van der Waals surface area contributed by atoms with Gasteiger partial charge in [0.2, 0.25) is 0 Å². The van der Waals surface area contributed by atoms with Gasteiger partial charge in [0.15, 0.2) is 11.6 Å². The Balaban J connectivity index is 1.76. The number of nitriles is 1. The highest BCUT2D eigenvalue weighted by Crippen LogP contribution is 2.19. The van der Waals surface area contributed by atoms with Gasteiger partial charge in [-0.1, -0.05) is 6.07 Å². The Hall–Kier alpha value is -3.79. The average molecular weight is 350 g/mol. The van der Waals surface area contributed by atoms with Crippen LogP contribution in [-0.2, 0) is 0 Å². The van der Waals surface area contributed by atoms with Crippen LogP contribution in [0.25, 0.3) is 0 Å². The Labute approximate surface area is 147 Å². The highest BCUT2D eigenvalue weighted by Gasteiger charge is 2.09. The van der Waals surface area contributed by atoms with Crippen LogP contribution in [0.15, 0.2) is 60.8 Å². The summed E-state index contributed by atoms with van der Waals surface area (Å²) in [5.41, 5.74) is 1.53. The lowest BCUT2D eigenvalue weighted by atomic mass is 10.2. The molecule has 0 radical (unpaired) electrons. The molecular weight excluding hydrogens is 338 g/mol. The second kappa shape index (κ2) is 7.40. The minimum atomic E-state index is -0.985. The summed E-state index contributed by atoms with van der Waals surface area (Å²) in [4.78, 5) is 16.4. The number of amides is 1. The van der Waals surface area contributed by atoms with Gasteiger partial charge < -0.3 is 10.6 Å². The predicted molar refractivity (Wildman–Crippen MR) is 93.0 cm³/mol. The van der Waals surface area contributed by atoms with Crippen molar-refractivity contribution in [1.29, 1.82) is 5.26 Å². The molecule has 128 valence electrons. The fourth-order valence-corrected chi connectivity index (χ4v) is 2.23. The fraction of sp³-hybridized carbons (Fsp3) is 0. The normalized spacial score (nSPS) is 10.0. The number of hydrogen-bond acceptors (Lipinski definition) is 4. The number of rotatable bonds is 4. The SMILES string of the molecule is N#Cc1cccc(NC(=O)c2ccnc(Nc3ccc(F)c(F)c3)c2)c1. The average Bonchev–Trinajstić information content (AvgIpc) is 2.65. The molecule has 1 aromatic heterocycles. The third kappa shape index (κ3) is 3.99. The number of pyridine rings is 1. The minimum absolute atomic E-state index is 0.300. The monoisotopic (exact) mass is 350 g/mol. The fourth-order valence-electron chi connectivity index (χ4n) is 2.23. The van der Waals surface area contributed by atoms with Crippen LogP contribution in [0.3, 0.4) is 0 Å². The molecule has 0 aliphatic heterocycles. The first-order valence-electron chi connectivity index (χ1n) is 7.55. The Morgan fingerprint density at radius 2 is 1.85 bits per heavy atom. The summed E-state index contributed by atoms with van der Waals surface area (Å²) in [5, 5.41) is 14.4. The molecule has 2 aromatic carbocycles. The van der Waals surface area contributed by atoms with E-state index in [2.05, 4.69) is 15.6 Å². The van der Waals surface area contributed by atoms with E-state index < -0.39 is 17.5 Å². The van der Waals surface area contributed by atoms with E-state index in [1.165, 1.54) is 24.4 Å². The largest absolute Gasteiger partial charge is 0.340 e. The number of nitrogens with one attached hydrogen (secondary N) is 2. The van der Waals surface area contributed by atoms with Crippen molar-refractivity contribution in [3.63, 3.8) is 0 Å². The van der Waals surface area contributed by atoms with Crippen LogP contribution in [0.5, 0.6) is 0 Å². The summed E-state index contributed by atoms with van der Waals surface area (Å²) in [6, 6.07) is 14.9. The first-order valence-corrected chi connectivity index (χ1v) is 7.55. The van der Waals surface area contributed by atoms with Gasteiger partial charge in [-0.15, -0.1) is 0 Å². The Kier molecular flexibility index (Phi) is 4.85. The number of anilines is 3. The van der Waals surface area contributed by atoms with Gasteiger partial charge in [-0.3, -0.25) is 4.79 Å². The zero-order valence-electron chi connectivity index (χ0n) is 13.3. The third-order valence-corrected chi connectivity index (χ3v) is 3.46.